The fraction of sp³-hybridized carbons (Fsp3) is 0.118. The van der Waals surface area contributed by atoms with Gasteiger partial charge in [0.2, 0.25) is 0 Å². The van der Waals surface area contributed by atoms with Gasteiger partial charge < -0.3 is 13.9 Å². The lowest BCUT2D eigenvalue weighted by atomic mass is 10.0. The zero-order valence-corrected chi connectivity index (χ0v) is 16.3. The topological polar surface area (TPSA) is 129 Å². The number of carbonyl (C=O) groups is 1. The summed E-state index contributed by atoms with van der Waals surface area (Å²) in [6.45, 7) is 0. The van der Waals surface area contributed by atoms with Crippen LogP contribution in [0.15, 0.2) is 34.7 Å². The highest BCUT2D eigenvalue weighted by atomic mass is 32.2. The second-order valence-electron chi connectivity index (χ2n) is 6.04. The van der Waals surface area contributed by atoms with Gasteiger partial charge in [0.15, 0.2) is 5.82 Å². The van der Waals surface area contributed by atoms with Gasteiger partial charge in [-0.05, 0) is 24.3 Å². The molecule has 0 fully saturated rings. The summed E-state index contributed by atoms with van der Waals surface area (Å²) >= 11 is 0. The van der Waals surface area contributed by atoms with E-state index in [0.717, 1.165) is 31.3 Å². The van der Waals surface area contributed by atoms with Crippen LogP contribution in [-0.4, -0.2) is 31.8 Å². The Bertz CT molecular complexity index is 1350. The summed E-state index contributed by atoms with van der Waals surface area (Å²) in [5, 5.41) is 12.5. The van der Waals surface area contributed by atoms with Crippen LogP contribution < -0.4 is 9.50 Å². The zero-order chi connectivity index (χ0) is 24.0. The molecular formula is C17H9F5N2O7S. The Morgan fingerprint density at radius 2 is 1.78 bits per heavy atom. The van der Waals surface area contributed by atoms with Crippen molar-refractivity contribution >= 4 is 32.7 Å². The first-order valence-corrected chi connectivity index (χ1v) is 9.61. The maximum Gasteiger partial charge on any atom is 0.534 e. The molecule has 0 atom stereocenters. The molecule has 0 aliphatic heterocycles. The van der Waals surface area contributed by atoms with Crippen molar-refractivity contribution in [2.24, 2.45) is 0 Å². The van der Waals surface area contributed by atoms with Crippen LogP contribution in [0.1, 0.15) is 10.4 Å². The standard InChI is InChI=1S/C17H9F5N2O7S/c1-23-16(25)12-11-10(30-14(12)7-2-4-8(18)5-3-7)6-9(24(26)27)15(13(11)19)31-32(28,29)17(20,21)22/h2-6H,1H3,(H,23,25). The van der Waals surface area contributed by atoms with E-state index in [1.165, 1.54) is 0 Å². The summed E-state index contributed by atoms with van der Waals surface area (Å²) < 4.78 is 98.2. The van der Waals surface area contributed by atoms with Gasteiger partial charge in [0.25, 0.3) is 11.7 Å². The highest BCUT2D eigenvalue weighted by Gasteiger charge is 2.50. The van der Waals surface area contributed by atoms with Crippen LogP contribution >= 0.6 is 0 Å². The lowest BCUT2D eigenvalue weighted by Crippen LogP contribution is -2.28. The van der Waals surface area contributed by atoms with Crippen molar-refractivity contribution in [3.05, 3.63) is 57.6 Å². The van der Waals surface area contributed by atoms with Crippen molar-refractivity contribution in [1.82, 2.24) is 5.32 Å². The number of alkyl halides is 3. The number of halogens is 5. The number of nitro groups is 1. The van der Waals surface area contributed by atoms with Crippen LogP contribution in [0.3, 0.4) is 0 Å². The van der Waals surface area contributed by atoms with Crippen LogP contribution in [0.2, 0.25) is 0 Å². The van der Waals surface area contributed by atoms with Crippen LogP contribution in [0, 0.1) is 21.7 Å². The van der Waals surface area contributed by atoms with Crippen molar-refractivity contribution in [1.29, 1.82) is 0 Å². The summed E-state index contributed by atoms with van der Waals surface area (Å²) in [5.41, 5.74) is -8.85. The normalized spacial score (nSPS) is 12.1. The molecule has 1 amide bonds. The average Bonchev–Trinajstić information content (AvgIpc) is 3.08. The Morgan fingerprint density at radius 3 is 2.28 bits per heavy atom. The van der Waals surface area contributed by atoms with Gasteiger partial charge in [0, 0.05) is 12.6 Å². The van der Waals surface area contributed by atoms with Crippen molar-refractivity contribution in [2.75, 3.05) is 7.05 Å². The molecule has 1 N–H and O–H groups in total. The van der Waals surface area contributed by atoms with Crippen LogP contribution in [0.25, 0.3) is 22.3 Å². The molecule has 170 valence electrons. The van der Waals surface area contributed by atoms with Gasteiger partial charge in [0.1, 0.15) is 17.2 Å². The van der Waals surface area contributed by atoms with Crippen molar-refractivity contribution in [3.63, 3.8) is 0 Å². The molecule has 32 heavy (non-hydrogen) atoms. The number of nitro benzene ring substituents is 1. The van der Waals surface area contributed by atoms with Gasteiger partial charge in [-0.1, -0.05) is 0 Å². The highest BCUT2D eigenvalue weighted by molar-refractivity contribution is 7.88. The van der Waals surface area contributed by atoms with E-state index in [9.17, 15) is 40.9 Å². The molecule has 0 aliphatic rings. The van der Waals surface area contributed by atoms with E-state index in [1.54, 1.807) is 0 Å². The lowest BCUT2D eigenvalue weighted by molar-refractivity contribution is -0.385. The minimum atomic E-state index is -6.50. The van der Waals surface area contributed by atoms with Gasteiger partial charge >= 0.3 is 21.3 Å². The largest absolute Gasteiger partial charge is 0.534 e. The Labute approximate surface area is 174 Å². The maximum absolute atomic E-state index is 15.2. The van der Waals surface area contributed by atoms with E-state index in [2.05, 4.69) is 9.50 Å². The minimum absolute atomic E-state index is 0.00799. The molecule has 1 aromatic heterocycles. The third-order valence-electron chi connectivity index (χ3n) is 4.09. The molecule has 0 radical (unpaired) electrons. The molecule has 15 heteroatoms. The maximum atomic E-state index is 15.2. The molecule has 0 unspecified atom stereocenters. The number of rotatable bonds is 5. The number of hydrogen-bond acceptors (Lipinski definition) is 7. The van der Waals surface area contributed by atoms with E-state index in [1.807, 2.05) is 0 Å². The number of hydrogen-bond donors (Lipinski definition) is 1. The van der Waals surface area contributed by atoms with Crippen molar-refractivity contribution in [2.45, 2.75) is 5.51 Å². The third kappa shape index (κ3) is 3.81. The summed E-state index contributed by atoms with van der Waals surface area (Å²) in [6.07, 6.45) is 0. The highest BCUT2D eigenvalue weighted by Crippen LogP contribution is 2.44. The van der Waals surface area contributed by atoms with Crippen LogP contribution in [0.4, 0.5) is 27.6 Å². The molecule has 0 aliphatic carbocycles. The van der Waals surface area contributed by atoms with E-state index < -0.39 is 71.8 Å². The number of fused-ring (bicyclic) bond motifs is 1. The van der Waals surface area contributed by atoms with Gasteiger partial charge in [-0.3, -0.25) is 14.9 Å². The predicted octanol–water partition coefficient (Wildman–Crippen LogP) is 3.87. The quantitative estimate of drug-likeness (QED) is 0.193. The van der Waals surface area contributed by atoms with Gasteiger partial charge in [-0.15, -0.1) is 0 Å². The molecule has 0 spiro atoms. The SMILES string of the molecule is CNC(=O)c1c(-c2ccc(F)cc2)oc2cc([N+](=O)[O-])c(OS(=O)(=O)C(F)(F)F)c(F)c12. The molecule has 1 heterocycles. The number of carbonyl (C=O) groups excluding carboxylic acids is 1. The molecule has 0 bridgehead atoms. The summed E-state index contributed by atoms with van der Waals surface area (Å²) in [4.78, 5) is 22.3. The minimum Gasteiger partial charge on any atom is -0.455 e. The van der Waals surface area contributed by atoms with Crippen molar-refractivity contribution < 1.29 is 48.7 Å². The van der Waals surface area contributed by atoms with E-state index >= 15 is 4.39 Å². The lowest BCUT2D eigenvalue weighted by Gasteiger charge is -2.11. The first kappa shape index (κ1) is 22.9. The van der Waals surface area contributed by atoms with Gasteiger partial charge in [-0.25, -0.2) is 8.78 Å². The zero-order valence-electron chi connectivity index (χ0n) is 15.5. The predicted molar refractivity (Wildman–Crippen MR) is 97.2 cm³/mol. The smallest absolute Gasteiger partial charge is 0.455 e. The number of amides is 1. The monoisotopic (exact) mass is 480 g/mol. The second-order valence-corrected chi connectivity index (χ2v) is 7.58. The number of nitrogens with zero attached hydrogens (tertiary/aromatic N) is 1. The van der Waals surface area contributed by atoms with E-state index in [-0.39, 0.29) is 5.56 Å². The number of nitrogens with one attached hydrogen (secondary N) is 1. The molecule has 0 saturated carbocycles. The van der Waals surface area contributed by atoms with Crippen molar-refractivity contribution in [3.8, 4) is 17.1 Å². The Hall–Kier alpha value is -3.75. The molecule has 0 saturated heterocycles. The molecule has 3 rings (SSSR count). The summed E-state index contributed by atoms with van der Waals surface area (Å²) in [5.74, 6) is -5.99. The molecule has 3 aromatic rings. The summed E-state index contributed by atoms with van der Waals surface area (Å²) in [7, 11) is -5.39. The molecular weight excluding hydrogens is 471 g/mol. The second kappa shape index (κ2) is 7.74. The van der Waals surface area contributed by atoms with Crippen LogP contribution in [0.5, 0.6) is 5.75 Å². The molecule has 2 aromatic carbocycles. The van der Waals surface area contributed by atoms with Gasteiger partial charge in [-0.2, -0.15) is 21.6 Å². The average molecular weight is 480 g/mol. The van der Waals surface area contributed by atoms with Gasteiger partial charge in [0.05, 0.1) is 21.9 Å². The first-order valence-electron chi connectivity index (χ1n) is 8.20. The van der Waals surface area contributed by atoms with E-state index in [0.29, 0.717) is 6.07 Å². The Morgan fingerprint density at radius 1 is 1.19 bits per heavy atom. The number of benzene rings is 2. The fourth-order valence-electron chi connectivity index (χ4n) is 2.70. The Kier molecular flexibility index (Phi) is 5.55. The molecule has 9 nitrogen and oxygen atoms in total. The fourth-order valence-corrected chi connectivity index (χ4v) is 3.17. The number of furan rings is 1. The summed E-state index contributed by atoms with van der Waals surface area (Å²) in [6, 6.07) is 4.56. The van der Waals surface area contributed by atoms with Crippen LogP contribution in [-0.2, 0) is 10.1 Å². The Balaban J connectivity index is 2.41. The third-order valence-corrected chi connectivity index (χ3v) is 5.04. The van der Waals surface area contributed by atoms with E-state index in [4.69, 9.17) is 4.42 Å². The first-order chi connectivity index (χ1) is 14.8.